The third-order valence-electron chi connectivity index (χ3n) is 2.68. The van der Waals surface area contributed by atoms with Crippen molar-refractivity contribution >= 4 is 5.84 Å². The molecule has 2 nitrogen and oxygen atoms in total. The highest BCUT2D eigenvalue weighted by molar-refractivity contribution is 5.78. The van der Waals surface area contributed by atoms with Gasteiger partial charge in [-0.05, 0) is 25.7 Å². The summed E-state index contributed by atoms with van der Waals surface area (Å²) >= 11 is 0. The zero-order valence-electron chi connectivity index (χ0n) is 7.72. The van der Waals surface area contributed by atoms with Crippen LogP contribution in [0.2, 0.25) is 0 Å². The van der Waals surface area contributed by atoms with Gasteiger partial charge in [0.1, 0.15) is 0 Å². The van der Waals surface area contributed by atoms with Gasteiger partial charge >= 0.3 is 0 Å². The summed E-state index contributed by atoms with van der Waals surface area (Å²) in [5.74, 6) is 1.64. The van der Waals surface area contributed by atoms with E-state index in [1.165, 1.54) is 12.8 Å². The first-order chi connectivity index (χ1) is 5.16. The van der Waals surface area contributed by atoms with Crippen molar-refractivity contribution in [2.45, 2.75) is 39.2 Å². The van der Waals surface area contributed by atoms with E-state index < -0.39 is 0 Å². The molecule has 1 unspecified atom stereocenters. The van der Waals surface area contributed by atoms with Gasteiger partial charge in [-0.15, -0.1) is 0 Å². The van der Waals surface area contributed by atoms with Crippen LogP contribution in [-0.4, -0.2) is 23.8 Å². The Kier molecular flexibility index (Phi) is 2.53. The maximum Gasteiger partial charge on any atom is 0.0954 e. The molecule has 0 radical (unpaired) electrons. The fourth-order valence-electron chi connectivity index (χ4n) is 1.39. The molecule has 0 heterocycles. The summed E-state index contributed by atoms with van der Waals surface area (Å²) in [5.41, 5.74) is 0. The minimum Gasteiger partial charge on any atom is -0.361 e. The van der Waals surface area contributed by atoms with Crippen LogP contribution in [0, 0.1) is 11.3 Å². The van der Waals surface area contributed by atoms with E-state index in [0.29, 0.717) is 6.04 Å². The van der Waals surface area contributed by atoms with E-state index >= 15 is 0 Å². The van der Waals surface area contributed by atoms with E-state index in [4.69, 9.17) is 5.41 Å². The molecule has 11 heavy (non-hydrogen) atoms. The number of rotatable bonds is 3. The van der Waals surface area contributed by atoms with Gasteiger partial charge in [-0.2, -0.15) is 0 Å². The quantitative estimate of drug-likeness (QED) is 0.489. The summed E-state index contributed by atoms with van der Waals surface area (Å²) in [6.07, 6.45) is 3.58. The van der Waals surface area contributed by atoms with E-state index in [2.05, 4.69) is 11.8 Å². The Morgan fingerprint density at radius 2 is 2.18 bits per heavy atom. The fraction of sp³-hybridized carbons (Fsp3) is 0.889. The van der Waals surface area contributed by atoms with Crippen LogP contribution in [0.5, 0.6) is 0 Å². The Morgan fingerprint density at radius 1 is 1.64 bits per heavy atom. The van der Waals surface area contributed by atoms with Gasteiger partial charge in [0, 0.05) is 19.5 Å². The van der Waals surface area contributed by atoms with Crippen LogP contribution in [0.15, 0.2) is 0 Å². The van der Waals surface area contributed by atoms with E-state index in [-0.39, 0.29) is 0 Å². The highest BCUT2D eigenvalue weighted by atomic mass is 15.2. The second-order valence-electron chi connectivity index (χ2n) is 3.49. The smallest absolute Gasteiger partial charge is 0.0954 e. The molecule has 0 aromatic heterocycles. The Labute approximate surface area is 69.1 Å². The number of amidine groups is 1. The summed E-state index contributed by atoms with van der Waals surface area (Å²) in [7, 11) is 2.04. The number of nitrogens with zero attached hydrogens (tertiary/aromatic N) is 1. The fourth-order valence-corrected chi connectivity index (χ4v) is 1.39. The Bertz CT molecular complexity index is 150. The lowest BCUT2D eigenvalue weighted by atomic mass is 10.2. The summed E-state index contributed by atoms with van der Waals surface area (Å²) < 4.78 is 0. The second kappa shape index (κ2) is 3.24. The van der Waals surface area contributed by atoms with Gasteiger partial charge in [-0.1, -0.05) is 6.92 Å². The van der Waals surface area contributed by atoms with Crippen molar-refractivity contribution in [3.05, 3.63) is 0 Å². The molecule has 0 spiro atoms. The number of nitrogens with one attached hydrogen (secondary N) is 1. The van der Waals surface area contributed by atoms with E-state index in [1.807, 2.05) is 14.0 Å². The van der Waals surface area contributed by atoms with Gasteiger partial charge in [-0.25, -0.2) is 0 Å². The van der Waals surface area contributed by atoms with Crippen LogP contribution >= 0.6 is 0 Å². The van der Waals surface area contributed by atoms with Crippen molar-refractivity contribution in [3.8, 4) is 0 Å². The molecular weight excluding hydrogens is 136 g/mol. The lowest BCUT2D eigenvalue weighted by molar-refractivity contribution is 0.346. The molecule has 1 atom stereocenters. The molecule has 1 aliphatic carbocycles. The van der Waals surface area contributed by atoms with Crippen LogP contribution < -0.4 is 0 Å². The predicted octanol–water partition coefficient (Wildman–Crippen LogP) is 2.10. The normalized spacial score (nSPS) is 19.5. The summed E-state index contributed by atoms with van der Waals surface area (Å²) in [6.45, 7) is 4.26. The molecule has 0 aliphatic heterocycles. The molecular formula is C9H18N2. The van der Waals surface area contributed by atoms with E-state index in [1.54, 1.807) is 0 Å². The Balaban J connectivity index is 2.38. The first-order valence-electron chi connectivity index (χ1n) is 4.47. The molecule has 64 valence electrons. The highest BCUT2D eigenvalue weighted by Gasteiger charge is 2.30. The summed E-state index contributed by atoms with van der Waals surface area (Å²) in [5, 5.41) is 7.62. The average molecular weight is 154 g/mol. The maximum absolute atomic E-state index is 7.62. The molecule has 1 aliphatic rings. The summed E-state index contributed by atoms with van der Waals surface area (Å²) in [4.78, 5) is 2.11. The lowest BCUT2D eigenvalue weighted by Crippen LogP contribution is -2.35. The van der Waals surface area contributed by atoms with Crippen LogP contribution in [0.4, 0.5) is 0 Å². The minimum absolute atomic E-state index is 0.586. The van der Waals surface area contributed by atoms with E-state index in [9.17, 15) is 0 Å². The van der Waals surface area contributed by atoms with Crippen molar-refractivity contribution < 1.29 is 0 Å². The first-order valence-corrected chi connectivity index (χ1v) is 4.47. The molecule has 0 aromatic carbocycles. The minimum atomic E-state index is 0.586. The van der Waals surface area contributed by atoms with Crippen LogP contribution in [-0.2, 0) is 0 Å². The standard InChI is InChI=1S/C9H18N2/c1-4-9(10)11(3)7(2)8-5-6-8/h7-8,10H,4-6H2,1-3H3. The van der Waals surface area contributed by atoms with Gasteiger partial charge in [0.2, 0.25) is 0 Å². The maximum atomic E-state index is 7.62. The van der Waals surface area contributed by atoms with Crippen molar-refractivity contribution in [2.24, 2.45) is 5.92 Å². The number of hydrogen-bond acceptors (Lipinski definition) is 1. The van der Waals surface area contributed by atoms with Crippen LogP contribution in [0.25, 0.3) is 0 Å². The van der Waals surface area contributed by atoms with Gasteiger partial charge in [0.05, 0.1) is 5.84 Å². The average Bonchev–Trinajstić information content (AvgIpc) is 2.82. The molecule has 1 rings (SSSR count). The Morgan fingerprint density at radius 3 is 2.55 bits per heavy atom. The van der Waals surface area contributed by atoms with Crippen molar-refractivity contribution in [1.82, 2.24) is 4.90 Å². The molecule has 1 N–H and O–H groups in total. The zero-order chi connectivity index (χ0) is 8.43. The molecule has 0 amide bonds. The first kappa shape index (κ1) is 8.57. The molecule has 1 saturated carbocycles. The molecule has 1 fully saturated rings. The monoisotopic (exact) mass is 154 g/mol. The molecule has 2 heteroatoms. The second-order valence-corrected chi connectivity index (χ2v) is 3.49. The molecule has 0 aromatic rings. The largest absolute Gasteiger partial charge is 0.361 e. The van der Waals surface area contributed by atoms with E-state index in [0.717, 1.165) is 18.2 Å². The van der Waals surface area contributed by atoms with Gasteiger partial charge in [0.15, 0.2) is 0 Å². The van der Waals surface area contributed by atoms with Crippen molar-refractivity contribution in [2.75, 3.05) is 7.05 Å². The van der Waals surface area contributed by atoms with Crippen molar-refractivity contribution in [1.29, 1.82) is 5.41 Å². The third kappa shape index (κ3) is 1.95. The molecule has 0 saturated heterocycles. The zero-order valence-corrected chi connectivity index (χ0v) is 7.72. The number of hydrogen-bond donors (Lipinski definition) is 1. The van der Waals surface area contributed by atoms with Gasteiger partial charge in [-0.3, -0.25) is 5.41 Å². The van der Waals surface area contributed by atoms with Gasteiger partial charge in [0.25, 0.3) is 0 Å². The topological polar surface area (TPSA) is 27.1 Å². The predicted molar refractivity (Wildman–Crippen MR) is 48.0 cm³/mol. The van der Waals surface area contributed by atoms with Crippen LogP contribution in [0.1, 0.15) is 33.1 Å². The van der Waals surface area contributed by atoms with Crippen molar-refractivity contribution in [3.63, 3.8) is 0 Å². The van der Waals surface area contributed by atoms with Gasteiger partial charge < -0.3 is 4.90 Å². The van der Waals surface area contributed by atoms with Crippen LogP contribution in [0.3, 0.4) is 0 Å². The summed E-state index contributed by atoms with van der Waals surface area (Å²) in [6, 6.07) is 0.586. The molecule has 0 bridgehead atoms. The SMILES string of the molecule is CCC(=N)N(C)C(C)C1CC1. The Hall–Kier alpha value is -0.530. The lowest BCUT2D eigenvalue weighted by Gasteiger charge is -2.26. The third-order valence-corrected chi connectivity index (χ3v) is 2.68. The highest BCUT2D eigenvalue weighted by Crippen LogP contribution is 2.34.